The molecule has 0 bridgehead atoms. The van der Waals surface area contributed by atoms with Gasteiger partial charge in [-0.2, -0.15) is 0 Å². The summed E-state index contributed by atoms with van der Waals surface area (Å²) >= 11 is 0. The average Bonchev–Trinajstić information content (AvgIpc) is 2.26. The molecule has 0 aromatic carbocycles. The molecule has 0 aliphatic carbocycles. The fourth-order valence-electron chi connectivity index (χ4n) is 1.61. The van der Waals surface area contributed by atoms with E-state index in [2.05, 4.69) is 6.92 Å². The van der Waals surface area contributed by atoms with Crippen molar-refractivity contribution in [1.29, 1.82) is 0 Å². The lowest BCUT2D eigenvalue weighted by Gasteiger charge is -2.20. The van der Waals surface area contributed by atoms with Crippen LogP contribution in [-0.4, -0.2) is 46.7 Å². The van der Waals surface area contributed by atoms with Gasteiger partial charge in [0, 0.05) is 13.1 Å². The van der Waals surface area contributed by atoms with Gasteiger partial charge in [-0.1, -0.05) is 26.2 Å². The topological polar surface area (TPSA) is 77.8 Å². The molecule has 0 aromatic rings. The fourth-order valence-corrected chi connectivity index (χ4v) is 1.61. The highest BCUT2D eigenvalue weighted by Gasteiger charge is 2.09. The molecule has 0 aliphatic heterocycles. The molecule has 0 unspecified atom stereocenters. The second kappa shape index (κ2) is 10.1. The van der Waals surface area contributed by atoms with E-state index >= 15 is 0 Å². The summed E-state index contributed by atoms with van der Waals surface area (Å²) < 4.78 is 0. The molecular weight excluding hydrogens is 222 g/mol. The SMILES string of the molecule is CCCCCCN(CCC(=O)O)CCC(=O)O. The van der Waals surface area contributed by atoms with Gasteiger partial charge in [0.05, 0.1) is 12.8 Å². The number of aliphatic carboxylic acids is 2. The number of rotatable bonds is 11. The standard InChI is InChI=1S/C12H23NO4/c1-2-3-4-5-8-13(9-6-11(14)15)10-7-12(16)17/h2-10H2,1H3,(H,14,15)(H,16,17). The van der Waals surface area contributed by atoms with Crippen LogP contribution in [0.15, 0.2) is 0 Å². The first-order valence-electron chi connectivity index (χ1n) is 6.22. The summed E-state index contributed by atoms with van der Waals surface area (Å²) in [5, 5.41) is 17.2. The van der Waals surface area contributed by atoms with Crippen LogP contribution in [-0.2, 0) is 9.59 Å². The van der Waals surface area contributed by atoms with Crippen molar-refractivity contribution in [1.82, 2.24) is 4.90 Å². The van der Waals surface area contributed by atoms with E-state index in [1.807, 2.05) is 4.90 Å². The molecule has 5 nitrogen and oxygen atoms in total. The van der Waals surface area contributed by atoms with Crippen LogP contribution in [0.3, 0.4) is 0 Å². The third kappa shape index (κ3) is 11.2. The third-order valence-electron chi connectivity index (χ3n) is 2.61. The van der Waals surface area contributed by atoms with Crippen LogP contribution >= 0.6 is 0 Å². The lowest BCUT2D eigenvalue weighted by atomic mass is 10.2. The van der Waals surface area contributed by atoms with Crippen LogP contribution < -0.4 is 0 Å². The van der Waals surface area contributed by atoms with Gasteiger partial charge in [-0.05, 0) is 13.0 Å². The first-order valence-corrected chi connectivity index (χ1v) is 6.22. The minimum Gasteiger partial charge on any atom is -0.481 e. The molecule has 0 radical (unpaired) electrons. The van der Waals surface area contributed by atoms with E-state index in [4.69, 9.17) is 10.2 Å². The highest BCUT2D eigenvalue weighted by atomic mass is 16.4. The molecule has 5 heteroatoms. The van der Waals surface area contributed by atoms with Crippen LogP contribution in [0.5, 0.6) is 0 Å². The monoisotopic (exact) mass is 245 g/mol. The van der Waals surface area contributed by atoms with Crippen molar-refractivity contribution >= 4 is 11.9 Å². The minimum absolute atomic E-state index is 0.0768. The number of carbonyl (C=O) groups is 2. The zero-order valence-corrected chi connectivity index (χ0v) is 10.5. The maximum atomic E-state index is 10.5. The summed E-state index contributed by atoms with van der Waals surface area (Å²) in [7, 11) is 0. The van der Waals surface area contributed by atoms with Crippen LogP contribution in [0.1, 0.15) is 45.4 Å². The number of nitrogens with zero attached hydrogens (tertiary/aromatic N) is 1. The molecule has 0 aliphatic rings. The van der Waals surface area contributed by atoms with Crippen LogP contribution in [0.4, 0.5) is 0 Å². The van der Waals surface area contributed by atoms with Crippen molar-refractivity contribution in [2.75, 3.05) is 19.6 Å². The van der Waals surface area contributed by atoms with Gasteiger partial charge in [0.1, 0.15) is 0 Å². The minimum atomic E-state index is -0.834. The van der Waals surface area contributed by atoms with Crippen LogP contribution in [0, 0.1) is 0 Å². The molecule has 17 heavy (non-hydrogen) atoms. The number of hydrogen-bond donors (Lipinski definition) is 2. The Morgan fingerprint density at radius 1 is 0.882 bits per heavy atom. The predicted molar refractivity (Wildman–Crippen MR) is 65.1 cm³/mol. The molecular formula is C12H23NO4. The molecule has 0 amide bonds. The Bertz CT molecular complexity index is 213. The van der Waals surface area contributed by atoms with Gasteiger partial charge in [-0.3, -0.25) is 9.59 Å². The normalized spacial score (nSPS) is 10.7. The molecule has 0 aromatic heterocycles. The average molecular weight is 245 g/mol. The van der Waals surface area contributed by atoms with Gasteiger partial charge in [-0.15, -0.1) is 0 Å². The van der Waals surface area contributed by atoms with E-state index in [1.54, 1.807) is 0 Å². The maximum absolute atomic E-state index is 10.5. The molecule has 0 saturated heterocycles. The quantitative estimate of drug-likeness (QED) is 0.543. The first kappa shape index (κ1) is 15.9. The van der Waals surface area contributed by atoms with E-state index in [1.165, 1.54) is 6.42 Å². The van der Waals surface area contributed by atoms with E-state index in [-0.39, 0.29) is 12.8 Å². The third-order valence-corrected chi connectivity index (χ3v) is 2.61. The highest BCUT2D eigenvalue weighted by Crippen LogP contribution is 2.03. The Balaban J connectivity index is 3.83. The van der Waals surface area contributed by atoms with Crippen molar-refractivity contribution in [2.45, 2.75) is 45.4 Å². The predicted octanol–water partition coefficient (Wildman–Crippen LogP) is 1.82. The fraction of sp³-hybridized carbons (Fsp3) is 0.833. The summed E-state index contributed by atoms with van der Waals surface area (Å²) in [6.07, 6.45) is 4.61. The summed E-state index contributed by atoms with van der Waals surface area (Å²) in [6, 6.07) is 0. The van der Waals surface area contributed by atoms with Crippen LogP contribution in [0.25, 0.3) is 0 Å². The van der Waals surface area contributed by atoms with Gasteiger partial charge in [0.15, 0.2) is 0 Å². The summed E-state index contributed by atoms with van der Waals surface area (Å²) in [5.41, 5.74) is 0. The van der Waals surface area contributed by atoms with Gasteiger partial charge in [-0.25, -0.2) is 0 Å². The Kier molecular flexibility index (Phi) is 9.43. The molecule has 0 atom stereocenters. The molecule has 0 spiro atoms. The molecule has 100 valence electrons. The molecule has 0 fully saturated rings. The number of carboxylic acids is 2. The number of carboxylic acid groups (broad SMARTS) is 2. The number of hydrogen-bond acceptors (Lipinski definition) is 3. The Morgan fingerprint density at radius 3 is 1.82 bits per heavy atom. The van der Waals surface area contributed by atoms with Crippen molar-refractivity contribution in [3.05, 3.63) is 0 Å². The van der Waals surface area contributed by atoms with Crippen molar-refractivity contribution < 1.29 is 19.8 Å². The Labute approximate surface area is 102 Å². The van der Waals surface area contributed by atoms with E-state index in [0.29, 0.717) is 13.1 Å². The van der Waals surface area contributed by atoms with E-state index in [9.17, 15) is 9.59 Å². The smallest absolute Gasteiger partial charge is 0.304 e. The molecule has 0 rings (SSSR count). The maximum Gasteiger partial charge on any atom is 0.304 e. The van der Waals surface area contributed by atoms with Gasteiger partial charge < -0.3 is 15.1 Å². The molecule has 0 saturated carbocycles. The van der Waals surface area contributed by atoms with Gasteiger partial charge >= 0.3 is 11.9 Å². The van der Waals surface area contributed by atoms with E-state index < -0.39 is 11.9 Å². The van der Waals surface area contributed by atoms with Gasteiger partial charge in [0.25, 0.3) is 0 Å². The Hall–Kier alpha value is -1.10. The summed E-state index contributed by atoms with van der Waals surface area (Å²) in [6.45, 7) is 3.80. The summed E-state index contributed by atoms with van der Waals surface area (Å²) in [5.74, 6) is -1.67. The van der Waals surface area contributed by atoms with Crippen LogP contribution in [0.2, 0.25) is 0 Å². The zero-order chi connectivity index (χ0) is 13.1. The summed E-state index contributed by atoms with van der Waals surface area (Å²) in [4.78, 5) is 22.9. The molecule has 2 N–H and O–H groups in total. The van der Waals surface area contributed by atoms with Crippen molar-refractivity contribution in [2.24, 2.45) is 0 Å². The first-order chi connectivity index (χ1) is 8.06. The number of unbranched alkanes of at least 4 members (excludes halogenated alkanes) is 3. The van der Waals surface area contributed by atoms with Crippen molar-refractivity contribution in [3.8, 4) is 0 Å². The zero-order valence-electron chi connectivity index (χ0n) is 10.5. The largest absolute Gasteiger partial charge is 0.481 e. The lowest BCUT2D eigenvalue weighted by Crippen LogP contribution is -2.29. The lowest BCUT2D eigenvalue weighted by molar-refractivity contribution is -0.137. The van der Waals surface area contributed by atoms with Gasteiger partial charge in [0.2, 0.25) is 0 Å². The highest BCUT2D eigenvalue weighted by molar-refractivity contribution is 5.67. The second-order valence-corrected chi connectivity index (χ2v) is 4.19. The second-order valence-electron chi connectivity index (χ2n) is 4.19. The molecule has 0 heterocycles. The Morgan fingerprint density at radius 2 is 1.41 bits per heavy atom. The van der Waals surface area contributed by atoms with Crippen molar-refractivity contribution in [3.63, 3.8) is 0 Å². The van der Waals surface area contributed by atoms with E-state index in [0.717, 1.165) is 25.8 Å².